The van der Waals surface area contributed by atoms with Gasteiger partial charge in [0.25, 0.3) is 0 Å². The molecule has 0 spiro atoms. The largest absolute Gasteiger partial charge is 0.462 e. The maximum atomic E-state index is 12.9. The van der Waals surface area contributed by atoms with Crippen molar-refractivity contribution >= 4 is 17.9 Å². The highest BCUT2D eigenvalue weighted by Crippen LogP contribution is 2.17. The molecule has 0 saturated carbocycles. The molecule has 450 valence electrons. The van der Waals surface area contributed by atoms with Crippen molar-refractivity contribution in [3.8, 4) is 0 Å². The van der Waals surface area contributed by atoms with E-state index in [1.807, 2.05) is 0 Å². The van der Waals surface area contributed by atoms with Crippen LogP contribution in [0.15, 0.2) is 85.1 Å². The minimum Gasteiger partial charge on any atom is -0.462 e. The van der Waals surface area contributed by atoms with E-state index in [-0.39, 0.29) is 31.1 Å². The van der Waals surface area contributed by atoms with Crippen molar-refractivity contribution in [2.45, 2.75) is 341 Å². The number of unbranched alkanes of at least 4 members (excludes halogenated alkanes) is 36. The first-order chi connectivity index (χ1) is 38.5. The molecule has 0 aromatic carbocycles. The fraction of sp³-hybridized carbons (Fsp3) is 0.764. The van der Waals surface area contributed by atoms with E-state index >= 15 is 0 Å². The highest BCUT2D eigenvalue weighted by molar-refractivity contribution is 5.71. The second-order valence-electron chi connectivity index (χ2n) is 22.3. The summed E-state index contributed by atoms with van der Waals surface area (Å²) in [6, 6.07) is 0. The van der Waals surface area contributed by atoms with Gasteiger partial charge in [0.1, 0.15) is 13.2 Å². The molecule has 0 aromatic rings. The molecule has 0 aliphatic rings. The third-order valence-electron chi connectivity index (χ3n) is 14.6. The molecule has 0 fully saturated rings. The molecule has 0 rings (SSSR count). The van der Waals surface area contributed by atoms with Crippen LogP contribution in [0.4, 0.5) is 0 Å². The summed E-state index contributed by atoms with van der Waals surface area (Å²) in [7, 11) is 0. The molecule has 0 amide bonds. The van der Waals surface area contributed by atoms with E-state index in [1.54, 1.807) is 0 Å². The molecule has 6 nitrogen and oxygen atoms in total. The van der Waals surface area contributed by atoms with E-state index in [4.69, 9.17) is 14.2 Å². The van der Waals surface area contributed by atoms with Crippen molar-refractivity contribution in [2.75, 3.05) is 13.2 Å². The van der Waals surface area contributed by atoms with Gasteiger partial charge in [0, 0.05) is 19.3 Å². The van der Waals surface area contributed by atoms with E-state index in [0.29, 0.717) is 19.3 Å². The predicted octanol–water partition coefficient (Wildman–Crippen LogP) is 23.1. The van der Waals surface area contributed by atoms with Gasteiger partial charge in [0.05, 0.1) is 0 Å². The van der Waals surface area contributed by atoms with Crippen LogP contribution in [0, 0.1) is 0 Å². The zero-order valence-electron chi connectivity index (χ0n) is 51.7. The Morgan fingerprint density at radius 1 is 0.269 bits per heavy atom. The van der Waals surface area contributed by atoms with E-state index in [0.717, 1.165) is 109 Å². The molecule has 1 atom stereocenters. The van der Waals surface area contributed by atoms with Crippen LogP contribution < -0.4 is 0 Å². The Morgan fingerprint density at radius 3 is 0.821 bits per heavy atom. The molecule has 78 heavy (non-hydrogen) atoms. The molecule has 0 saturated heterocycles. The van der Waals surface area contributed by atoms with Crippen LogP contribution in [0.5, 0.6) is 0 Å². The maximum Gasteiger partial charge on any atom is 0.306 e. The predicted molar refractivity (Wildman–Crippen MR) is 339 cm³/mol. The highest BCUT2D eigenvalue weighted by Gasteiger charge is 2.19. The number of esters is 3. The maximum absolute atomic E-state index is 12.9. The summed E-state index contributed by atoms with van der Waals surface area (Å²) < 4.78 is 16.9. The fourth-order valence-corrected chi connectivity index (χ4v) is 9.57. The molecule has 0 aliphatic heterocycles. The summed E-state index contributed by atoms with van der Waals surface area (Å²) >= 11 is 0. The molecule has 0 radical (unpaired) electrons. The zero-order chi connectivity index (χ0) is 56.4. The van der Waals surface area contributed by atoms with Gasteiger partial charge in [0.2, 0.25) is 0 Å². The molecular formula is C72H126O6. The first-order valence-electron chi connectivity index (χ1n) is 33.6. The lowest BCUT2D eigenvalue weighted by Crippen LogP contribution is -2.30. The molecular weight excluding hydrogens is 961 g/mol. The van der Waals surface area contributed by atoms with E-state index in [9.17, 15) is 14.4 Å². The van der Waals surface area contributed by atoms with Crippen LogP contribution in [0.1, 0.15) is 335 Å². The second kappa shape index (κ2) is 66.1. The number of carbonyl (C=O) groups is 3. The number of ether oxygens (including phenoxy) is 3. The van der Waals surface area contributed by atoms with Crippen molar-refractivity contribution in [1.29, 1.82) is 0 Å². The van der Waals surface area contributed by atoms with Crippen LogP contribution in [0.3, 0.4) is 0 Å². The van der Waals surface area contributed by atoms with Gasteiger partial charge in [-0.15, -0.1) is 0 Å². The SMILES string of the molecule is CC/C=C\C/C=C\C/C=C\CCCCCCCCCC(=O)OC(COC(=O)CCCCCCC/C=C\C/C=C\CCCC)COC(=O)CCCCCCCCCCCCCCCCCCC/C=C\C/C=C\CCCCCCC. The van der Waals surface area contributed by atoms with E-state index in [1.165, 1.54) is 186 Å². The van der Waals surface area contributed by atoms with Crippen molar-refractivity contribution in [3.05, 3.63) is 85.1 Å². The van der Waals surface area contributed by atoms with Gasteiger partial charge < -0.3 is 14.2 Å². The lowest BCUT2D eigenvalue weighted by atomic mass is 10.0. The summed E-state index contributed by atoms with van der Waals surface area (Å²) in [6.45, 7) is 6.49. The van der Waals surface area contributed by atoms with Gasteiger partial charge in [-0.25, -0.2) is 0 Å². The highest BCUT2D eigenvalue weighted by atomic mass is 16.6. The molecule has 1 unspecified atom stereocenters. The number of hydrogen-bond acceptors (Lipinski definition) is 6. The van der Waals surface area contributed by atoms with Crippen molar-refractivity contribution in [1.82, 2.24) is 0 Å². The van der Waals surface area contributed by atoms with Crippen LogP contribution in [0.25, 0.3) is 0 Å². The quantitative estimate of drug-likeness (QED) is 0.0261. The molecule has 6 heteroatoms. The van der Waals surface area contributed by atoms with Crippen LogP contribution in [0.2, 0.25) is 0 Å². The Bertz CT molecular complexity index is 1480. The second-order valence-corrected chi connectivity index (χ2v) is 22.3. The monoisotopic (exact) mass is 1090 g/mol. The average Bonchev–Trinajstić information content (AvgIpc) is 3.44. The standard InChI is InChI=1S/C72H126O6/c1-4-7-10-13-16-19-22-25-28-30-31-32-33-34-35-36-37-38-39-40-41-43-44-47-50-53-56-59-62-65-71(74)77-68-69(67-76-70(73)64-61-58-55-52-49-46-27-24-21-18-15-12-9-6-3)78-72(75)66-63-60-57-54-51-48-45-42-29-26-23-20-17-14-11-8-5-2/h8,11,15,17-18,20,22,24-27,29-31,69H,4-7,9-10,12-14,16,19,21,23,28,32-68H2,1-3H3/b11-8-,18-15-,20-17-,25-22-,27-24-,29-26-,31-30-. The van der Waals surface area contributed by atoms with Gasteiger partial charge in [0.15, 0.2) is 6.10 Å². The minimum absolute atomic E-state index is 0.0831. The Labute approximate surface area is 484 Å². The van der Waals surface area contributed by atoms with Gasteiger partial charge in [-0.3, -0.25) is 14.4 Å². The summed E-state index contributed by atoms with van der Waals surface area (Å²) in [4.78, 5) is 38.3. The number of rotatable bonds is 61. The summed E-state index contributed by atoms with van der Waals surface area (Å²) in [5.74, 6) is -0.894. The first-order valence-corrected chi connectivity index (χ1v) is 33.6. The Hall–Kier alpha value is -3.41. The Kier molecular flexibility index (Phi) is 63.2. The lowest BCUT2D eigenvalue weighted by Gasteiger charge is -2.18. The number of carbonyl (C=O) groups excluding carboxylic acids is 3. The minimum atomic E-state index is -0.788. The third-order valence-corrected chi connectivity index (χ3v) is 14.6. The third kappa shape index (κ3) is 63.4. The van der Waals surface area contributed by atoms with Crippen LogP contribution in [-0.4, -0.2) is 37.2 Å². The normalized spacial score (nSPS) is 12.6. The average molecular weight is 1090 g/mol. The zero-order valence-corrected chi connectivity index (χ0v) is 51.7. The van der Waals surface area contributed by atoms with Gasteiger partial charge in [-0.05, 0) is 109 Å². The lowest BCUT2D eigenvalue weighted by molar-refractivity contribution is -0.167. The van der Waals surface area contributed by atoms with Crippen molar-refractivity contribution in [2.24, 2.45) is 0 Å². The van der Waals surface area contributed by atoms with Gasteiger partial charge >= 0.3 is 17.9 Å². The molecule has 0 aliphatic carbocycles. The number of hydrogen-bond donors (Lipinski definition) is 0. The Balaban J connectivity index is 4.24. The fourth-order valence-electron chi connectivity index (χ4n) is 9.57. The summed E-state index contributed by atoms with van der Waals surface area (Å²) in [5, 5.41) is 0. The van der Waals surface area contributed by atoms with Crippen LogP contribution >= 0.6 is 0 Å². The van der Waals surface area contributed by atoms with Crippen LogP contribution in [-0.2, 0) is 28.6 Å². The van der Waals surface area contributed by atoms with Gasteiger partial charge in [-0.1, -0.05) is 292 Å². The topological polar surface area (TPSA) is 78.9 Å². The summed E-state index contributed by atoms with van der Waals surface area (Å²) in [5.41, 5.74) is 0. The van der Waals surface area contributed by atoms with Crippen molar-refractivity contribution < 1.29 is 28.6 Å². The molecule has 0 aromatic heterocycles. The molecule has 0 heterocycles. The van der Waals surface area contributed by atoms with E-state index in [2.05, 4.69) is 106 Å². The molecule has 0 bridgehead atoms. The van der Waals surface area contributed by atoms with E-state index < -0.39 is 6.10 Å². The Morgan fingerprint density at radius 2 is 0.513 bits per heavy atom. The van der Waals surface area contributed by atoms with Crippen molar-refractivity contribution in [3.63, 3.8) is 0 Å². The number of allylic oxidation sites excluding steroid dienone is 14. The summed E-state index contributed by atoms with van der Waals surface area (Å²) in [6.07, 6.45) is 87.5. The first kappa shape index (κ1) is 74.6. The molecule has 0 N–H and O–H groups in total. The smallest absolute Gasteiger partial charge is 0.306 e. The van der Waals surface area contributed by atoms with Gasteiger partial charge in [-0.2, -0.15) is 0 Å².